The fourth-order valence-electron chi connectivity index (χ4n) is 1.80. The molecule has 0 saturated carbocycles. The van der Waals surface area contributed by atoms with Crippen LogP contribution >= 0.6 is 23.2 Å². The first-order valence-electron chi connectivity index (χ1n) is 7.32. The van der Waals surface area contributed by atoms with Crippen molar-refractivity contribution in [1.82, 2.24) is 0 Å². The van der Waals surface area contributed by atoms with E-state index in [9.17, 15) is 9.59 Å². The third-order valence-corrected chi connectivity index (χ3v) is 3.57. The summed E-state index contributed by atoms with van der Waals surface area (Å²) in [6.07, 6.45) is 5.58. The topological polar surface area (TPSA) is 52.6 Å². The Bertz CT molecular complexity index is 621. The van der Waals surface area contributed by atoms with Crippen molar-refractivity contribution in [1.29, 1.82) is 0 Å². The van der Waals surface area contributed by atoms with E-state index >= 15 is 0 Å². The lowest BCUT2D eigenvalue weighted by Crippen LogP contribution is -2.14. The summed E-state index contributed by atoms with van der Waals surface area (Å²) in [5, 5.41) is 0.513. The maximum absolute atomic E-state index is 11.9. The lowest BCUT2D eigenvalue weighted by molar-refractivity contribution is -0.229. The van der Waals surface area contributed by atoms with Crippen molar-refractivity contribution in [2.24, 2.45) is 0 Å². The molecule has 0 radical (unpaired) electrons. The number of carbonyl (C=O) groups excluding carboxylic acids is 2. The van der Waals surface area contributed by atoms with Crippen LogP contribution in [0.5, 0.6) is 0 Å². The van der Waals surface area contributed by atoms with Crippen LogP contribution in [-0.4, -0.2) is 11.9 Å². The molecule has 0 spiro atoms. The molecule has 0 aliphatic heterocycles. The fourth-order valence-corrected chi connectivity index (χ4v) is 2.27. The molecule has 2 rings (SSSR count). The molecule has 1 aromatic rings. The van der Waals surface area contributed by atoms with E-state index < -0.39 is 11.9 Å². The van der Waals surface area contributed by atoms with Gasteiger partial charge in [0.25, 0.3) is 0 Å². The highest BCUT2D eigenvalue weighted by Gasteiger charge is 2.20. The molecule has 124 valence electrons. The molecular weight excluding hydrogens is 339 g/mol. The van der Waals surface area contributed by atoms with Gasteiger partial charge in [-0.05, 0) is 37.5 Å². The molecule has 0 atom stereocenters. The average molecular weight is 357 g/mol. The maximum atomic E-state index is 11.9. The van der Waals surface area contributed by atoms with Crippen molar-refractivity contribution in [3.8, 4) is 0 Å². The lowest BCUT2D eigenvalue weighted by Gasteiger charge is -2.07. The second-order valence-corrected chi connectivity index (χ2v) is 5.16. The predicted octanol–water partition coefficient (Wildman–Crippen LogP) is 5.21. The summed E-state index contributed by atoms with van der Waals surface area (Å²) >= 11 is 11.8. The Balaban J connectivity index is 0.00000127. The van der Waals surface area contributed by atoms with Crippen LogP contribution in [0.25, 0.3) is 0 Å². The number of allylic oxidation sites excluding steroid dienone is 3. The van der Waals surface area contributed by atoms with Gasteiger partial charge >= 0.3 is 11.9 Å². The second-order valence-electron chi connectivity index (χ2n) is 4.34. The highest BCUT2D eigenvalue weighted by atomic mass is 35.5. The van der Waals surface area contributed by atoms with Gasteiger partial charge < -0.3 is 0 Å². The molecule has 4 nitrogen and oxygen atoms in total. The molecule has 0 fully saturated rings. The van der Waals surface area contributed by atoms with Crippen molar-refractivity contribution in [2.75, 3.05) is 0 Å². The van der Waals surface area contributed by atoms with Gasteiger partial charge in [-0.1, -0.05) is 55.3 Å². The number of rotatable bonds is 2. The van der Waals surface area contributed by atoms with Gasteiger partial charge in [-0.3, -0.25) is 0 Å². The van der Waals surface area contributed by atoms with E-state index in [0.29, 0.717) is 11.5 Å². The van der Waals surface area contributed by atoms with Crippen LogP contribution in [0, 0.1) is 0 Å². The number of halogens is 2. The first kappa shape index (κ1) is 19.3. The van der Waals surface area contributed by atoms with Crippen molar-refractivity contribution < 1.29 is 19.4 Å². The van der Waals surface area contributed by atoms with E-state index in [1.165, 1.54) is 12.1 Å². The van der Waals surface area contributed by atoms with E-state index in [0.717, 1.165) is 12.8 Å². The first-order valence-corrected chi connectivity index (χ1v) is 8.08. The van der Waals surface area contributed by atoms with Gasteiger partial charge in [0.15, 0.2) is 0 Å². The van der Waals surface area contributed by atoms with Gasteiger partial charge in [0.2, 0.25) is 0 Å². The molecule has 0 amide bonds. The van der Waals surface area contributed by atoms with Crippen LogP contribution < -0.4 is 0 Å². The number of carbonyl (C=O) groups is 2. The molecule has 1 aliphatic rings. The Morgan fingerprint density at radius 1 is 1.04 bits per heavy atom. The van der Waals surface area contributed by atoms with E-state index in [1.54, 1.807) is 18.2 Å². The minimum atomic E-state index is -0.838. The summed E-state index contributed by atoms with van der Waals surface area (Å²) in [5.74, 6) is -1.61. The Morgan fingerprint density at radius 2 is 1.70 bits per heavy atom. The van der Waals surface area contributed by atoms with Crippen LogP contribution in [0.1, 0.15) is 43.5 Å². The van der Waals surface area contributed by atoms with Crippen molar-refractivity contribution >= 4 is 35.1 Å². The highest BCUT2D eigenvalue weighted by Crippen LogP contribution is 2.23. The van der Waals surface area contributed by atoms with Gasteiger partial charge in [0.05, 0.1) is 21.2 Å². The number of benzene rings is 1. The van der Waals surface area contributed by atoms with Gasteiger partial charge in [-0.25, -0.2) is 19.4 Å². The minimum absolute atomic E-state index is 0.118. The lowest BCUT2D eigenvalue weighted by atomic mass is 10.1. The standard InChI is InChI=1S/C15H12Cl2O4.C2H6/c16-12-8-3-1-2-6-10(12)14(18)20-21-15(19)11-7-4-5-9-13(11)17;1-2/h3-5,7-9H,1-2,6H2;1-2H3. The monoisotopic (exact) mass is 356 g/mol. The third kappa shape index (κ3) is 5.73. The van der Waals surface area contributed by atoms with Crippen molar-refractivity contribution in [3.63, 3.8) is 0 Å². The van der Waals surface area contributed by atoms with Crippen LogP contribution in [0.15, 0.2) is 47.0 Å². The zero-order chi connectivity index (χ0) is 17.2. The van der Waals surface area contributed by atoms with Crippen molar-refractivity contribution in [3.05, 3.63) is 57.6 Å². The first-order chi connectivity index (χ1) is 11.1. The Kier molecular flexibility index (Phi) is 8.45. The van der Waals surface area contributed by atoms with Gasteiger partial charge in [-0.15, -0.1) is 0 Å². The van der Waals surface area contributed by atoms with E-state index in [4.69, 9.17) is 23.2 Å². The summed E-state index contributed by atoms with van der Waals surface area (Å²) in [5.41, 5.74) is 0.408. The summed E-state index contributed by atoms with van der Waals surface area (Å²) in [7, 11) is 0. The quantitative estimate of drug-likeness (QED) is 0.538. The fraction of sp³-hybridized carbons (Fsp3) is 0.294. The molecule has 23 heavy (non-hydrogen) atoms. The van der Waals surface area contributed by atoms with Crippen LogP contribution in [0.3, 0.4) is 0 Å². The van der Waals surface area contributed by atoms with Crippen LogP contribution in [-0.2, 0) is 14.6 Å². The molecule has 0 unspecified atom stereocenters. The summed E-state index contributed by atoms with van der Waals surface area (Å²) in [6, 6.07) is 6.31. The smallest absolute Gasteiger partial charge is 0.242 e. The molecule has 0 bridgehead atoms. The van der Waals surface area contributed by atoms with E-state index in [-0.39, 0.29) is 16.2 Å². The summed E-state index contributed by atoms with van der Waals surface area (Å²) in [4.78, 5) is 32.7. The Hall–Kier alpha value is -1.78. The number of hydrogen-bond donors (Lipinski definition) is 0. The SMILES string of the molecule is CC.O=C(OOC(=O)c1ccccc1Cl)C1=C(Cl)C=CCCC1. The molecule has 0 heterocycles. The summed E-state index contributed by atoms with van der Waals surface area (Å²) < 4.78 is 0. The Morgan fingerprint density at radius 3 is 2.39 bits per heavy atom. The van der Waals surface area contributed by atoms with Gasteiger partial charge in [-0.2, -0.15) is 0 Å². The molecular formula is C17H18Cl2O4. The Labute approximate surface area is 145 Å². The molecule has 0 N–H and O–H groups in total. The van der Waals surface area contributed by atoms with Gasteiger partial charge in [0.1, 0.15) is 0 Å². The number of hydrogen-bond acceptors (Lipinski definition) is 4. The zero-order valence-electron chi connectivity index (χ0n) is 13.0. The highest BCUT2D eigenvalue weighted by molar-refractivity contribution is 6.34. The molecule has 1 aliphatic carbocycles. The zero-order valence-corrected chi connectivity index (χ0v) is 14.5. The molecule has 0 aromatic heterocycles. The summed E-state index contributed by atoms with van der Waals surface area (Å²) in [6.45, 7) is 4.00. The maximum Gasteiger partial charge on any atom is 0.387 e. The molecule has 1 aromatic carbocycles. The van der Waals surface area contributed by atoms with E-state index in [2.05, 4.69) is 9.78 Å². The van der Waals surface area contributed by atoms with Gasteiger partial charge in [0, 0.05) is 0 Å². The van der Waals surface area contributed by atoms with Crippen molar-refractivity contribution in [2.45, 2.75) is 33.1 Å². The predicted molar refractivity (Wildman–Crippen MR) is 90.2 cm³/mol. The van der Waals surface area contributed by atoms with Crippen LogP contribution in [0.2, 0.25) is 5.02 Å². The largest absolute Gasteiger partial charge is 0.387 e. The second kappa shape index (κ2) is 10.1. The molecule has 6 heteroatoms. The average Bonchev–Trinajstić information content (AvgIpc) is 2.79. The minimum Gasteiger partial charge on any atom is -0.242 e. The van der Waals surface area contributed by atoms with E-state index in [1.807, 2.05) is 19.9 Å². The van der Waals surface area contributed by atoms with Crippen LogP contribution in [0.4, 0.5) is 0 Å². The molecule has 0 saturated heterocycles. The normalized spacial score (nSPS) is 13.6. The third-order valence-electron chi connectivity index (χ3n) is 2.88.